The first kappa shape index (κ1) is 13.5. The standard InChI is InChI=1S/C15H18FN3/c1-17-13-7-8-18-14(9-13)11-19(2)10-12-5-3-4-6-15(12)16/h3-9H,10-11H2,1-2H3,(H,17,18). The lowest BCUT2D eigenvalue weighted by molar-refractivity contribution is 0.310. The third-order valence-corrected chi connectivity index (χ3v) is 2.94. The molecule has 3 nitrogen and oxygen atoms in total. The Kier molecular flexibility index (Phi) is 4.47. The quantitative estimate of drug-likeness (QED) is 0.895. The molecule has 0 unspecified atom stereocenters. The second kappa shape index (κ2) is 6.29. The summed E-state index contributed by atoms with van der Waals surface area (Å²) in [6.07, 6.45) is 1.78. The van der Waals surface area contributed by atoms with Gasteiger partial charge in [0.25, 0.3) is 0 Å². The van der Waals surface area contributed by atoms with Crippen molar-refractivity contribution in [3.63, 3.8) is 0 Å². The minimum atomic E-state index is -0.161. The first-order chi connectivity index (χ1) is 9.19. The number of hydrogen-bond acceptors (Lipinski definition) is 3. The van der Waals surface area contributed by atoms with Crippen LogP contribution in [0.15, 0.2) is 42.6 Å². The van der Waals surface area contributed by atoms with Gasteiger partial charge in [0.15, 0.2) is 0 Å². The fraction of sp³-hybridized carbons (Fsp3) is 0.267. The Bertz CT molecular complexity index is 542. The van der Waals surface area contributed by atoms with E-state index >= 15 is 0 Å². The summed E-state index contributed by atoms with van der Waals surface area (Å²) in [5.74, 6) is -0.161. The van der Waals surface area contributed by atoms with E-state index in [0.717, 1.165) is 11.4 Å². The predicted molar refractivity (Wildman–Crippen MR) is 75.4 cm³/mol. The molecule has 0 radical (unpaired) electrons. The average Bonchev–Trinajstić information content (AvgIpc) is 2.41. The zero-order chi connectivity index (χ0) is 13.7. The summed E-state index contributed by atoms with van der Waals surface area (Å²) in [6, 6.07) is 10.8. The smallest absolute Gasteiger partial charge is 0.127 e. The zero-order valence-corrected chi connectivity index (χ0v) is 11.2. The molecule has 2 aromatic rings. The van der Waals surface area contributed by atoms with Crippen molar-refractivity contribution in [2.45, 2.75) is 13.1 Å². The van der Waals surface area contributed by atoms with Crippen molar-refractivity contribution in [1.82, 2.24) is 9.88 Å². The van der Waals surface area contributed by atoms with E-state index in [4.69, 9.17) is 0 Å². The van der Waals surface area contributed by atoms with E-state index in [2.05, 4.69) is 10.3 Å². The largest absolute Gasteiger partial charge is 0.388 e. The lowest BCUT2D eigenvalue weighted by atomic mass is 10.2. The Labute approximate surface area is 113 Å². The fourth-order valence-corrected chi connectivity index (χ4v) is 1.97. The van der Waals surface area contributed by atoms with Crippen LogP contribution in [0, 0.1) is 5.82 Å². The number of anilines is 1. The summed E-state index contributed by atoms with van der Waals surface area (Å²) in [5.41, 5.74) is 2.70. The molecule has 0 bridgehead atoms. The average molecular weight is 259 g/mol. The highest BCUT2D eigenvalue weighted by atomic mass is 19.1. The molecule has 0 aliphatic rings. The normalized spacial score (nSPS) is 10.7. The van der Waals surface area contributed by atoms with Crippen molar-refractivity contribution in [1.29, 1.82) is 0 Å². The maximum Gasteiger partial charge on any atom is 0.127 e. The van der Waals surface area contributed by atoms with Gasteiger partial charge >= 0.3 is 0 Å². The molecular formula is C15H18FN3. The van der Waals surface area contributed by atoms with E-state index in [1.165, 1.54) is 6.07 Å². The minimum Gasteiger partial charge on any atom is -0.388 e. The maximum atomic E-state index is 13.6. The van der Waals surface area contributed by atoms with Gasteiger partial charge in [0.2, 0.25) is 0 Å². The lowest BCUT2D eigenvalue weighted by Gasteiger charge is -2.17. The lowest BCUT2D eigenvalue weighted by Crippen LogP contribution is -2.18. The van der Waals surface area contributed by atoms with Gasteiger partial charge in [-0.25, -0.2) is 4.39 Å². The number of nitrogens with one attached hydrogen (secondary N) is 1. The van der Waals surface area contributed by atoms with E-state index in [1.807, 2.05) is 43.3 Å². The number of rotatable bonds is 5. The predicted octanol–water partition coefficient (Wildman–Crippen LogP) is 2.89. The third-order valence-electron chi connectivity index (χ3n) is 2.94. The molecule has 2 rings (SSSR count). The molecule has 0 saturated heterocycles. The Balaban J connectivity index is 2.01. The molecule has 0 saturated carbocycles. The van der Waals surface area contributed by atoms with Crippen LogP contribution in [0.2, 0.25) is 0 Å². The second-order valence-electron chi connectivity index (χ2n) is 4.55. The molecule has 0 spiro atoms. The van der Waals surface area contributed by atoms with Gasteiger partial charge in [0, 0.05) is 37.6 Å². The first-order valence-corrected chi connectivity index (χ1v) is 6.23. The number of aromatic nitrogens is 1. The molecule has 1 aromatic carbocycles. The van der Waals surface area contributed by atoms with Crippen LogP contribution in [0.25, 0.3) is 0 Å². The van der Waals surface area contributed by atoms with Crippen molar-refractivity contribution < 1.29 is 4.39 Å². The Morgan fingerprint density at radius 1 is 1.21 bits per heavy atom. The molecular weight excluding hydrogens is 241 g/mol. The molecule has 0 fully saturated rings. The van der Waals surface area contributed by atoms with E-state index < -0.39 is 0 Å². The van der Waals surface area contributed by atoms with Gasteiger partial charge in [0.05, 0.1) is 5.69 Å². The van der Waals surface area contributed by atoms with Crippen LogP contribution >= 0.6 is 0 Å². The van der Waals surface area contributed by atoms with Gasteiger partial charge in [-0.3, -0.25) is 9.88 Å². The number of halogens is 1. The zero-order valence-electron chi connectivity index (χ0n) is 11.2. The highest BCUT2D eigenvalue weighted by molar-refractivity contribution is 5.42. The van der Waals surface area contributed by atoms with Crippen LogP contribution in [0.3, 0.4) is 0 Å². The molecule has 1 N–H and O–H groups in total. The summed E-state index contributed by atoms with van der Waals surface area (Å²) < 4.78 is 13.6. The minimum absolute atomic E-state index is 0.161. The number of nitrogens with zero attached hydrogens (tertiary/aromatic N) is 2. The second-order valence-corrected chi connectivity index (χ2v) is 4.55. The van der Waals surface area contributed by atoms with Gasteiger partial charge in [-0.15, -0.1) is 0 Å². The van der Waals surface area contributed by atoms with Crippen molar-refractivity contribution in [3.8, 4) is 0 Å². The van der Waals surface area contributed by atoms with Gasteiger partial charge in [0.1, 0.15) is 5.82 Å². The topological polar surface area (TPSA) is 28.2 Å². The summed E-state index contributed by atoms with van der Waals surface area (Å²) in [4.78, 5) is 6.36. The first-order valence-electron chi connectivity index (χ1n) is 6.23. The van der Waals surface area contributed by atoms with Gasteiger partial charge < -0.3 is 5.32 Å². The van der Waals surface area contributed by atoms with Crippen molar-refractivity contribution >= 4 is 5.69 Å². The highest BCUT2D eigenvalue weighted by Crippen LogP contribution is 2.12. The summed E-state index contributed by atoms with van der Waals surface area (Å²) >= 11 is 0. The van der Waals surface area contributed by atoms with Crippen LogP contribution in [-0.4, -0.2) is 24.0 Å². The molecule has 1 heterocycles. The Hall–Kier alpha value is -1.94. The van der Waals surface area contributed by atoms with Crippen LogP contribution in [-0.2, 0) is 13.1 Å². The molecule has 0 atom stereocenters. The Morgan fingerprint density at radius 3 is 2.74 bits per heavy atom. The van der Waals surface area contributed by atoms with Crippen LogP contribution in [0.5, 0.6) is 0 Å². The Morgan fingerprint density at radius 2 is 2.00 bits per heavy atom. The molecule has 100 valence electrons. The van der Waals surface area contributed by atoms with Gasteiger partial charge in [-0.2, -0.15) is 0 Å². The highest BCUT2D eigenvalue weighted by Gasteiger charge is 2.06. The maximum absolute atomic E-state index is 13.6. The number of hydrogen-bond donors (Lipinski definition) is 1. The van der Waals surface area contributed by atoms with Crippen LogP contribution < -0.4 is 5.32 Å². The summed E-state index contributed by atoms with van der Waals surface area (Å²) in [5, 5.41) is 3.08. The monoisotopic (exact) mass is 259 g/mol. The summed E-state index contributed by atoms with van der Waals surface area (Å²) in [6.45, 7) is 1.25. The van der Waals surface area contributed by atoms with Crippen molar-refractivity contribution in [3.05, 3.63) is 59.7 Å². The fourth-order valence-electron chi connectivity index (χ4n) is 1.97. The van der Waals surface area contributed by atoms with E-state index in [1.54, 1.807) is 12.3 Å². The number of benzene rings is 1. The molecule has 0 aliphatic heterocycles. The van der Waals surface area contributed by atoms with E-state index in [9.17, 15) is 4.39 Å². The van der Waals surface area contributed by atoms with E-state index in [0.29, 0.717) is 18.7 Å². The van der Waals surface area contributed by atoms with Crippen molar-refractivity contribution in [2.24, 2.45) is 0 Å². The number of pyridine rings is 1. The third kappa shape index (κ3) is 3.76. The molecule has 19 heavy (non-hydrogen) atoms. The van der Waals surface area contributed by atoms with Gasteiger partial charge in [-0.05, 0) is 25.2 Å². The molecule has 0 aliphatic carbocycles. The molecule has 0 amide bonds. The molecule has 1 aromatic heterocycles. The van der Waals surface area contributed by atoms with Gasteiger partial charge in [-0.1, -0.05) is 18.2 Å². The van der Waals surface area contributed by atoms with Crippen LogP contribution in [0.4, 0.5) is 10.1 Å². The SMILES string of the molecule is CNc1ccnc(CN(C)Cc2ccccc2F)c1. The molecule has 4 heteroatoms. The van der Waals surface area contributed by atoms with Crippen molar-refractivity contribution in [2.75, 3.05) is 19.4 Å². The summed E-state index contributed by atoms with van der Waals surface area (Å²) in [7, 11) is 3.84. The van der Waals surface area contributed by atoms with E-state index in [-0.39, 0.29) is 5.82 Å². The van der Waals surface area contributed by atoms with Crippen LogP contribution in [0.1, 0.15) is 11.3 Å².